The van der Waals surface area contributed by atoms with Gasteiger partial charge in [-0.2, -0.15) is 0 Å². The van der Waals surface area contributed by atoms with Crippen LogP contribution < -0.4 is 10.6 Å². The number of hydrogen-bond acceptors (Lipinski definition) is 3. The van der Waals surface area contributed by atoms with Gasteiger partial charge in [-0.15, -0.1) is 0 Å². The molecule has 1 aliphatic heterocycles. The van der Waals surface area contributed by atoms with Crippen molar-refractivity contribution in [3.05, 3.63) is 63.8 Å². The third-order valence-corrected chi connectivity index (χ3v) is 5.58. The number of carbonyl (C=O) groups excluding carboxylic acids is 1. The van der Waals surface area contributed by atoms with Crippen molar-refractivity contribution in [1.29, 1.82) is 0 Å². The van der Waals surface area contributed by atoms with Crippen molar-refractivity contribution in [1.82, 2.24) is 14.5 Å². The Labute approximate surface area is 162 Å². The first-order valence-corrected chi connectivity index (χ1v) is 9.41. The van der Waals surface area contributed by atoms with Gasteiger partial charge >= 0.3 is 5.69 Å². The first-order valence-electron chi connectivity index (χ1n) is 9.41. The van der Waals surface area contributed by atoms with Crippen LogP contribution in [0.25, 0.3) is 11.0 Å². The molecule has 0 saturated carbocycles. The van der Waals surface area contributed by atoms with E-state index in [1.807, 2.05) is 0 Å². The quantitative estimate of drug-likeness (QED) is 0.757. The van der Waals surface area contributed by atoms with E-state index in [-0.39, 0.29) is 12.5 Å². The van der Waals surface area contributed by atoms with Crippen molar-refractivity contribution in [2.24, 2.45) is 0 Å². The summed E-state index contributed by atoms with van der Waals surface area (Å²) >= 11 is 0. The van der Waals surface area contributed by atoms with Gasteiger partial charge < -0.3 is 14.8 Å². The van der Waals surface area contributed by atoms with Gasteiger partial charge in [-0.05, 0) is 49.2 Å². The zero-order valence-corrected chi connectivity index (χ0v) is 16.0. The van der Waals surface area contributed by atoms with Crippen molar-refractivity contribution < 1.29 is 9.18 Å². The molecule has 1 saturated heterocycles. The van der Waals surface area contributed by atoms with Crippen molar-refractivity contribution in [2.45, 2.75) is 20.4 Å². The zero-order valence-electron chi connectivity index (χ0n) is 16.0. The van der Waals surface area contributed by atoms with Gasteiger partial charge in [0.05, 0.1) is 11.0 Å². The first-order chi connectivity index (χ1) is 13.4. The summed E-state index contributed by atoms with van der Waals surface area (Å²) in [6, 6.07) is 10.4. The van der Waals surface area contributed by atoms with Gasteiger partial charge in [-0.3, -0.25) is 9.36 Å². The molecule has 0 radical (unpaired) electrons. The highest BCUT2D eigenvalue weighted by Gasteiger charge is 2.23. The fourth-order valence-corrected chi connectivity index (χ4v) is 3.80. The number of rotatable bonds is 3. The number of nitrogens with one attached hydrogen (secondary N) is 1. The molecule has 0 spiro atoms. The summed E-state index contributed by atoms with van der Waals surface area (Å²) in [6.07, 6.45) is 0. The Morgan fingerprint density at radius 3 is 2.61 bits per heavy atom. The summed E-state index contributed by atoms with van der Waals surface area (Å²) in [7, 11) is 0. The fraction of sp³-hybridized carbons (Fsp3) is 0.333. The number of H-pyrrole nitrogens is 1. The highest BCUT2D eigenvalue weighted by Crippen LogP contribution is 2.24. The summed E-state index contributed by atoms with van der Waals surface area (Å²) in [5, 5.41) is 0. The largest absolute Gasteiger partial charge is 0.368 e. The summed E-state index contributed by atoms with van der Waals surface area (Å²) in [6.45, 7) is 6.90. The minimum atomic E-state index is -0.421. The molecular weight excluding hydrogens is 359 g/mol. The molecule has 0 atom stereocenters. The molecule has 1 aromatic heterocycles. The topological polar surface area (TPSA) is 61.3 Å². The van der Waals surface area contributed by atoms with Crippen molar-refractivity contribution in [2.75, 3.05) is 31.1 Å². The number of aromatic amines is 1. The van der Waals surface area contributed by atoms with Crippen LogP contribution in [0.2, 0.25) is 0 Å². The number of halogens is 1. The second-order valence-corrected chi connectivity index (χ2v) is 7.26. The lowest BCUT2D eigenvalue weighted by Crippen LogP contribution is -2.50. The number of amides is 1. The Morgan fingerprint density at radius 2 is 1.86 bits per heavy atom. The number of hydrogen-bond donors (Lipinski definition) is 1. The maximum absolute atomic E-state index is 13.3. The predicted octanol–water partition coefficient (Wildman–Crippen LogP) is 2.43. The molecule has 1 amide bonds. The standard InChI is InChI=1S/C21H23FN4O2/c1-14-4-3-5-18(15(14)2)24-8-10-25(11-9-24)20(27)13-26-19-7-6-16(22)12-17(19)23-21(26)28/h3-7,12H,8-11,13H2,1-2H3,(H,23,28). The van der Waals surface area contributed by atoms with Gasteiger partial charge in [0.15, 0.2) is 0 Å². The number of benzene rings is 2. The molecular formula is C21H23FN4O2. The van der Waals surface area contributed by atoms with Gasteiger partial charge in [0.2, 0.25) is 5.91 Å². The summed E-state index contributed by atoms with van der Waals surface area (Å²) in [5.41, 5.74) is 4.27. The van der Waals surface area contributed by atoms with Gasteiger partial charge in [0.25, 0.3) is 0 Å². The molecule has 28 heavy (non-hydrogen) atoms. The van der Waals surface area contributed by atoms with Crippen LogP contribution in [0.3, 0.4) is 0 Å². The molecule has 7 heteroatoms. The van der Waals surface area contributed by atoms with Crippen LogP contribution in [0, 0.1) is 19.7 Å². The van der Waals surface area contributed by atoms with Crippen LogP contribution in [0.4, 0.5) is 10.1 Å². The number of carbonyl (C=O) groups is 1. The number of fused-ring (bicyclic) bond motifs is 1. The van der Waals surface area contributed by atoms with Crippen molar-refractivity contribution in [3.8, 4) is 0 Å². The molecule has 2 aromatic carbocycles. The Hall–Kier alpha value is -3.09. The van der Waals surface area contributed by atoms with Crippen LogP contribution >= 0.6 is 0 Å². The van der Waals surface area contributed by atoms with Gasteiger partial charge in [-0.25, -0.2) is 9.18 Å². The summed E-state index contributed by atoms with van der Waals surface area (Å²) < 4.78 is 14.7. The van der Waals surface area contributed by atoms with E-state index < -0.39 is 11.5 Å². The van der Waals surface area contributed by atoms with Gasteiger partial charge in [-0.1, -0.05) is 12.1 Å². The van der Waals surface area contributed by atoms with E-state index in [1.165, 1.54) is 39.6 Å². The molecule has 6 nitrogen and oxygen atoms in total. The molecule has 1 aliphatic rings. The average Bonchev–Trinajstić information content (AvgIpc) is 2.98. The monoisotopic (exact) mass is 382 g/mol. The number of piperazine rings is 1. The number of nitrogens with zero attached hydrogens (tertiary/aromatic N) is 3. The maximum atomic E-state index is 13.3. The molecule has 4 rings (SSSR count). The first kappa shape index (κ1) is 18.3. The van der Waals surface area contributed by atoms with E-state index in [1.54, 1.807) is 4.90 Å². The predicted molar refractivity (Wildman–Crippen MR) is 107 cm³/mol. The smallest absolute Gasteiger partial charge is 0.326 e. The van der Waals surface area contributed by atoms with E-state index >= 15 is 0 Å². The third-order valence-electron chi connectivity index (χ3n) is 5.58. The van der Waals surface area contributed by atoms with E-state index in [2.05, 4.69) is 41.9 Å². The molecule has 1 N–H and O–H groups in total. The number of aryl methyl sites for hydroxylation is 1. The molecule has 0 aliphatic carbocycles. The molecule has 0 unspecified atom stereocenters. The number of anilines is 1. The van der Waals surface area contributed by atoms with Crippen LogP contribution in [0.1, 0.15) is 11.1 Å². The average molecular weight is 382 g/mol. The number of imidazole rings is 1. The highest BCUT2D eigenvalue weighted by atomic mass is 19.1. The van der Waals surface area contributed by atoms with E-state index in [0.29, 0.717) is 24.1 Å². The lowest BCUT2D eigenvalue weighted by atomic mass is 10.1. The SMILES string of the molecule is Cc1cccc(N2CCN(C(=O)Cn3c(=O)[nH]c4cc(F)ccc43)CC2)c1C. The Bertz CT molecular complexity index is 1090. The summed E-state index contributed by atoms with van der Waals surface area (Å²) in [4.78, 5) is 31.6. The third kappa shape index (κ3) is 3.28. The van der Waals surface area contributed by atoms with Crippen LogP contribution in [0.5, 0.6) is 0 Å². The van der Waals surface area contributed by atoms with Crippen LogP contribution in [-0.4, -0.2) is 46.5 Å². The molecule has 3 aromatic rings. The summed E-state index contributed by atoms with van der Waals surface area (Å²) in [5.74, 6) is -0.525. The van der Waals surface area contributed by atoms with Crippen molar-refractivity contribution in [3.63, 3.8) is 0 Å². The maximum Gasteiger partial charge on any atom is 0.326 e. The van der Waals surface area contributed by atoms with E-state index in [9.17, 15) is 14.0 Å². The molecule has 0 bridgehead atoms. The van der Waals surface area contributed by atoms with Gasteiger partial charge in [0, 0.05) is 31.9 Å². The Balaban J connectivity index is 1.46. The fourth-order valence-electron chi connectivity index (χ4n) is 3.80. The lowest BCUT2D eigenvalue weighted by molar-refractivity contribution is -0.132. The van der Waals surface area contributed by atoms with Crippen LogP contribution in [-0.2, 0) is 11.3 Å². The lowest BCUT2D eigenvalue weighted by Gasteiger charge is -2.37. The van der Waals surface area contributed by atoms with Gasteiger partial charge in [0.1, 0.15) is 12.4 Å². The zero-order chi connectivity index (χ0) is 19.8. The van der Waals surface area contributed by atoms with E-state index in [4.69, 9.17) is 0 Å². The minimum absolute atomic E-state index is 0.0477. The minimum Gasteiger partial charge on any atom is -0.368 e. The molecule has 146 valence electrons. The van der Waals surface area contributed by atoms with E-state index in [0.717, 1.165) is 13.1 Å². The number of aromatic nitrogens is 2. The van der Waals surface area contributed by atoms with Crippen LogP contribution in [0.15, 0.2) is 41.2 Å². The molecule has 2 heterocycles. The Morgan fingerprint density at radius 1 is 1.11 bits per heavy atom. The normalized spacial score (nSPS) is 14.7. The highest BCUT2D eigenvalue weighted by molar-refractivity contribution is 5.81. The second-order valence-electron chi connectivity index (χ2n) is 7.26. The Kier molecular flexibility index (Phi) is 4.66. The van der Waals surface area contributed by atoms with Crippen molar-refractivity contribution >= 4 is 22.6 Å². The molecule has 1 fully saturated rings. The second kappa shape index (κ2) is 7.14.